The standard InChI is InChI=1S/C12H16N2O2/c15-10-4-2-7-13-11(10)12(16)14-8-1-3-9-5-6-9/h2,4,7,9,15H,1,3,5-6,8H2,(H,14,16). The van der Waals surface area contributed by atoms with Crippen molar-refractivity contribution >= 4 is 5.91 Å². The van der Waals surface area contributed by atoms with E-state index >= 15 is 0 Å². The molecule has 0 saturated heterocycles. The summed E-state index contributed by atoms with van der Waals surface area (Å²) in [5.74, 6) is 0.524. The third kappa shape index (κ3) is 2.95. The Labute approximate surface area is 94.7 Å². The van der Waals surface area contributed by atoms with Crippen LogP contribution in [0.15, 0.2) is 18.3 Å². The number of nitrogens with zero attached hydrogens (tertiary/aromatic N) is 1. The highest BCUT2D eigenvalue weighted by atomic mass is 16.3. The van der Waals surface area contributed by atoms with Crippen molar-refractivity contribution < 1.29 is 9.90 Å². The molecule has 1 saturated carbocycles. The fourth-order valence-electron chi connectivity index (χ4n) is 1.65. The van der Waals surface area contributed by atoms with Crippen molar-refractivity contribution in [2.24, 2.45) is 5.92 Å². The molecule has 4 heteroatoms. The average molecular weight is 220 g/mol. The molecule has 1 fully saturated rings. The summed E-state index contributed by atoms with van der Waals surface area (Å²) >= 11 is 0. The number of aromatic nitrogens is 1. The SMILES string of the molecule is O=C(NCCCC1CC1)c1ncccc1O. The van der Waals surface area contributed by atoms with Gasteiger partial charge in [-0.2, -0.15) is 0 Å². The van der Waals surface area contributed by atoms with Crippen molar-refractivity contribution in [3.8, 4) is 5.75 Å². The lowest BCUT2D eigenvalue weighted by molar-refractivity contribution is 0.0945. The number of pyridine rings is 1. The van der Waals surface area contributed by atoms with Crippen molar-refractivity contribution in [3.63, 3.8) is 0 Å². The summed E-state index contributed by atoms with van der Waals surface area (Å²) in [5.41, 5.74) is 0.105. The monoisotopic (exact) mass is 220 g/mol. The summed E-state index contributed by atoms with van der Waals surface area (Å²) in [7, 11) is 0. The Balaban J connectivity index is 1.76. The number of carbonyl (C=O) groups excluding carboxylic acids is 1. The topological polar surface area (TPSA) is 62.2 Å². The molecule has 0 atom stereocenters. The molecule has 16 heavy (non-hydrogen) atoms. The highest BCUT2D eigenvalue weighted by Gasteiger charge is 2.20. The number of hydrogen-bond donors (Lipinski definition) is 2. The van der Waals surface area contributed by atoms with Crippen LogP contribution in [0, 0.1) is 5.92 Å². The van der Waals surface area contributed by atoms with Crippen molar-refractivity contribution in [3.05, 3.63) is 24.0 Å². The molecular formula is C12H16N2O2. The van der Waals surface area contributed by atoms with E-state index in [9.17, 15) is 9.90 Å². The van der Waals surface area contributed by atoms with Gasteiger partial charge in [0.25, 0.3) is 5.91 Å². The Morgan fingerprint density at radius 2 is 2.38 bits per heavy atom. The number of rotatable bonds is 5. The Kier molecular flexibility index (Phi) is 3.39. The van der Waals surface area contributed by atoms with Gasteiger partial charge in [0.2, 0.25) is 0 Å². The molecule has 2 rings (SSSR count). The van der Waals surface area contributed by atoms with Crippen LogP contribution in [0.1, 0.15) is 36.2 Å². The molecule has 86 valence electrons. The quantitative estimate of drug-likeness (QED) is 0.742. The average Bonchev–Trinajstić information content (AvgIpc) is 3.08. The molecule has 1 aliphatic rings. The van der Waals surface area contributed by atoms with Crippen molar-refractivity contribution in [2.75, 3.05) is 6.54 Å². The van der Waals surface area contributed by atoms with E-state index in [4.69, 9.17) is 0 Å². The van der Waals surface area contributed by atoms with Gasteiger partial charge in [0.1, 0.15) is 5.75 Å². The summed E-state index contributed by atoms with van der Waals surface area (Å²) in [4.78, 5) is 15.4. The van der Waals surface area contributed by atoms with Gasteiger partial charge in [-0.15, -0.1) is 0 Å². The first-order valence-electron chi connectivity index (χ1n) is 5.69. The normalized spacial score (nSPS) is 14.8. The zero-order valence-electron chi connectivity index (χ0n) is 9.15. The van der Waals surface area contributed by atoms with E-state index in [0.717, 1.165) is 12.3 Å². The van der Waals surface area contributed by atoms with Crippen LogP contribution in [0.3, 0.4) is 0 Å². The zero-order valence-corrected chi connectivity index (χ0v) is 9.15. The molecule has 1 heterocycles. The lowest BCUT2D eigenvalue weighted by atomic mass is 10.2. The van der Waals surface area contributed by atoms with Crippen LogP contribution < -0.4 is 5.32 Å². The van der Waals surface area contributed by atoms with Crippen LogP contribution in [0.5, 0.6) is 5.75 Å². The van der Waals surface area contributed by atoms with Crippen LogP contribution >= 0.6 is 0 Å². The Bertz CT molecular complexity index is 375. The first kappa shape index (κ1) is 10.9. The van der Waals surface area contributed by atoms with Gasteiger partial charge in [0.05, 0.1) is 0 Å². The van der Waals surface area contributed by atoms with Gasteiger partial charge in [-0.3, -0.25) is 4.79 Å². The molecule has 0 spiro atoms. The molecule has 0 aromatic carbocycles. The predicted molar refractivity (Wildman–Crippen MR) is 60.2 cm³/mol. The third-order valence-electron chi connectivity index (χ3n) is 2.77. The van der Waals surface area contributed by atoms with Gasteiger partial charge in [-0.1, -0.05) is 12.8 Å². The fraction of sp³-hybridized carbons (Fsp3) is 0.500. The second-order valence-corrected chi connectivity index (χ2v) is 4.21. The molecular weight excluding hydrogens is 204 g/mol. The van der Waals surface area contributed by atoms with Crippen LogP contribution in [0.2, 0.25) is 0 Å². The van der Waals surface area contributed by atoms with Gasteiger partial charge < -0.3 is 10.4 Å². The maximum Gasteiger partial charge on any atom is 0.273 e. The van der Waals surface area contributed by atoms with Crippen molar-refractivity contribution in [1.29, 1.82) is 0 Å². The second-order valence-electron chi connectivity index (χ2n) is 4.21. The molecule has 2 N–H and O–H groups in total. The lowest BCUT2D eigenvalue weighted by Gasteiger charge is -2.05. The number of hydrogen-bond acceptors (Lipinski definition) is 3. The van der Waals surface area contributed by atoms with Crippen molar-refractivity contribution in [2.45, 2.75) is 25.7 Å². The summed E-state index contributed by atoms with van der Waals surface area (Å²) in [5, 5.41) is 12.2. The molecule has 1 aromatic heterocycles. The molecule has 0 radical (unpaired) electrons. The maximum absolute atomic E-state index is 11.6. The molecule has 1 amide bonds. The minimum Gasteiger partial charge on any atom is -0.505 e. The van der Waals surface area contributed by atoms with Crippen molar-refractivity contribution in [1.82, 2.24) is 10.3 Å². The second kappa shape index (κ2) is 4.96. The first-order chi connectivity index (χ1) is 7.77. The molecule has 0 aliphatic heterocycles. The number of nitrogens with one attached hydrogen (secondary N) is 1. The van der Waals surface area contributed by atoms with Gasteiger partial charge in [-0.25, -0.2) is 4.98 Å². The van der Waals surface area contributed by atoms with Gasteiger partial charge in [0.15, 0.2) is 5.69 Å². The van der Waals surface area contributed by atoms with E-state index in [1.54, 1.807) is 6.07 Å². The first-order valence-corrected chi connectivity index (χ1v) is 5.69. The Morgan fingerprint density at radius 3 is 3.06 bits per heavy atom. The Hall–Kier alpha value is -1.58. The van der Waals surface area contributed by atoms with Crippen LogP contribution in [0.4, 0.5) is 0 Å². The summed E-state index contributed by atoms with van der Waals surface area (Å²) in [6.07, 6.45) is 6.38. The van der Waals surface area contributed by atoms with E-state index in [1.165, 1.54) is 31.5 Å². The maximum atomic E-state index is 11.6. The minimum absolute atomic E-state index is 0.0674. The fourth-order valence-corrected chi connectivity index (χ4v) is 1.65. The van der Waals surface area contributed by atoms with Gasteiger partial charge in [-0.05, 0) is 30.9 Å². The molecule has 1 aliphatic carbocycles. The van der Waals surface area contributed by atoms with Crippen LogP contribution in [-0.2, 0) is 0 Å². The van der Waals surface area contributed by atoms with E-state index in [0.29, 0.717) is 6.54 Å². The number of carbonyl (C=O) groups is 1. The largest absolute Gasteiger partial charge is 0.505 e. The highest BCUT2D eigenvalue weighted by molar-refractivity contribution is 5.94. The van der Waals surface area contributed by atoms with E-state index in [-0.39, 0.29) is 17.4 Å². The number of amides is 1. The van der Waals surface area contributed by atoms with E-state index < -0.39 is 0 Å². The smallest absolute Gasteiger partial charge is 0.273 e. The molecule has 1 aromatic rings. The predicted octanol–water partition coefficient (Wildman–Crippen LogP) is 1.71. The lowest BCUT2D eigenvalue weighted by Crippen LogP contribution is -2.25. The highest BCUT2D eigenvalue weighted by Crippen LogP contribution is 2.33. The summed E-state index contributed by atoms with van der Waals surface area (Å²) < 4.78 is 0. The van der Waals surface area contributed by atoms with E-state index in [2.05, 4.69) is 10.3 Å². The third-order valence-corrected chi connectivity index (χ3v) is 2.77. The Morgan fingerprint density at radius 1 is 1.56 bits per heavy atom. The summed E-state index contributed by atoms with van der Waals surface area (Å²) in [6.45, 7) is 0.658. The summed E-state index contributed by atoms with van der Waals surface area (Å²) in [6, 6.07) is 3.06. The van der Waals surface area contributed by atoms with Crippen LogP contribution in [0.25, 0.3) is 0 Å². The molecule has 0 bridgehead atoms. The van der Waals surface area contributed by atoms with Crippen LogP contribution in [-0.4, -0.2) is 22.5 Å². The zero-order chi connectivity index (χ0) is 11.4. The molecule has 0 unspecified atom stereocenters. The minimum atomic E-state index is -0.297. The molecule has 4 nitrogen and oxygen atoms in total. The van der Waals surface area contributed by atoms with Gasteiger partial charge in [0, 0.05) is 12.7 Å². The van der Waals surface area contributed by atoms with E-state index in [1.807, 2.05) is 0 Å². The van der Waals surface area contributed by atoms with Gasteiger partial charge >= 0.3 is 0 Å². The number of aromatic hydroxyl groups is 1.